The van der Waals surface area contributed by atoms with Crippen molar-refractivity contribution in [1.82, 2.24) is 0 Å². The highest BCUT2D eigenvalue weighted by Crippen LogP contribution is 2.33. The molecule has 0 aliphatic rings. The van der Waals surface area contributed by atoms with E-state index < -0.39 is 11.9 Å². The SMILES string of the molecule is O=C(COc1ccc2ccccc2c1Br)Oc1ccc(C(=O)OCCOc2ccccc2)cc1. The summed E-state index contributed by atoms with van der Waals surface area (Å²) in [5.74, 6) is 0.509. The van der Waals surface area contributed by atoms with Crippen molar-refractivity contribution in [2.45, 2.75) is 0 Å². The van der Waals surface area contributed by atoms with Gasteiger partial charge in [0.05, 0.1) is 10.0 Å². The zero-order chi connectivity index (χ0) is 23.8. The molecule has 0 aliphatic heterocycles. The van der Waals surface area contributed by atoms with Gasteiger partial charge >= 0.3 is 11.9 Å². The van der Waals surface area contributed by atoms with Gasteiger partial charge in [-0.15, -0.1) is 0 Å². The predicted octanol–water partition coefficient (Wildman–Crippen LogP) is 5.82. The van der Waals surface area contributed by atoms with Gasteiger partial charge in [0, 0.05) is 0 Å². The Morgan fingerprint density at radius 2 is 1.44 bits per heavy atom. The topological polar surface area (TPSA) is 71.1 Å². The van der Waals surface area contributed by atoms with Gasteiger partial charge in [-0.05, 0) is 69.2 Å². The molecule has 0 radical (unpaired) electrons. The lowest BCUT2D eigenvalue weighted by Crippen LogP contribution is -2.18. The number of carbonyl (C=O) groups excluding carboxylic acids is 2. The van der Waals surface area contributed by atoms with Crippen LogP contribution in [-0.4, -0.2) is 31.8 Å². The molecule has 0 N–H and O–H groups in total. The largest absolute Gasteiger partial charge is 0.490 e. The second-order valence-electron chi connectivity index (χ2n) is 7.18. The molecule has 34 heavy (non-hydrogen) atoms. The number of hydrogen-bond donors (Lipinski definition) is 0. The van der Waals surface area contributed by atoms with Gasteiger partial charge in [-0.3, -0.25) is 0 Å². The Morgan fingerprint density at radius 1 is 0.706 bits per heavy atom. The highest BCUT2D eigenvalue weighted by atomic mass is 79.9. The van der Waals surface area contributed by atoms with Gasteiger partial charge < -0.3 is 18.9 Å². The van der Waals surface area contributed by atoms with Crippen LogP contribution in [0.1, 0.15) is 10.4 Å². The summed E-state index contributed by atoms with van der Waals surface area (Å²) >= 11 is 3.53. The summed E-state index contributed by atoms with van der Waals surface area (Å²) in [5.41, 5.74) is 0.343. The van der Waals surface area contributed by atoms with E-state index in [-0.39, 0.29) is 19.8 Å². The van der Waals surface area contributed by atoms with Crippen molar-refractivity contribution < 1.29 is 28.5 Å². The maximum atomic E-state index is 12.2. The summed E-state index contributed by atoms with van der Waals surface area (Å²) in [7, 11) is 0. The molecular weight excluding hydrogens is 500 g/mol. The Hall–Kier alpha value is -3.84. The highest BCUT2D eigenvalue weighted by Gasteiger charge is 2.12. The lowest BCUT2D eigenvalue weighted by Gasteiger charge is -2.10. The number of para-hydroxylation sites is 1. The molecule has 6 nitrogen and oxygen atoms in total. The molecule has 7 heteroatoms. The normalized spacial score (nSPS) is 10.5. The first-order valence-corrected chi connectivity index (χ1v) is 11.4. The first kappa shape index (κ1) is 23.3. The molecule has 0 aliphatic carbocycles. The first-order valence-electron chi connectivity index (χ1n) is 10.6. The molecule has 0 saturated carbocycles. The number of fused-ring (bicyclic) bond motifs is 1. The number of carbonyl (C=O) groups is 2. The quantitative estimate of drug-likeness (QED) is 0.157. The maximum absolute atomic E-state index is 12.2. The van der Waals surface area contributed by atoms with Crippen LogP contribution in [0.4, 0.5) is 0 Å². The second-order valence-corrected chi connectivity index (χ2v) is 7.98. The molecular formula is C27H21BrO6. The second kappa shape index (κ2) is 11.3. The summed E-state index contributed by atoms with van der Waals surface area (Å²) in [6, 6.07) is 27.0. The van der Waals surface area contributed by atoms with Crippen LogP contribution in [0.3, 0.4) is 0 Å². The molecule has 4 rings (SSSR count). The monoisotopic (exact) mass is 520 g/mol. The fourth-order valence-corrected chi connectivity index (χ4v) is 3.78. The number of rotatable bonds is 9. The van der Waals surface area contributed by atoms with Crippen LogP contribution in [-0.2, 0) is 9.53 Å². The lowest BCUT2D eigenvalue weighted by atomic mass is 10.1. The van der Waals surface area contributed by atoms with E-state index >= 15 is 0 Å². The van der Waals surface area contributed by atoms with Gasteiger partial charge in [0.2, 0.25) is 0 Å². The van der Waals surface area contributed by atoms with E-state index in [9.17, 15) is 9.59 Å². The van der Waals surface area contributed by atoms with Gasteiger partial charge in [-0.25, -0.2) is 9.59 Å². The Bertz CT molecular complexity index is 1270. The molecule has 0 heterocycles. The third kappa shape index (κ3) is 6.14. The molecule has 4 aromatic carbocycles. The first-order chi connectivity index (χ1) is 16.6. The molecule has 0 spiro atoms. The van der Waals surface area contributed by atoms with Crippen LogP contribution < -0.4 is 14.2 Å². The molecule has 0 fully saturated rings. The van der Waals surface area contributed by atoms with Gasteiger partial charge in [-0.2, -0.15) is 0 Å². The third-order valence-corrected chi connectivity index (χ3v) is 5.64. The summed E-state index contributed by atoms with van der Waals surface area (Å²) in [6.45, 7) is 0.104. The molecule has 0 aromatic heterocycles. The molecule has 0 atom stereocenters. The summed E-state index contributed by atoms with van der Waals surface area (Å²) in [4.78, 5) is 24.4. The summed E-state index contributed by atoms with van der Waals surface area (Å²) < 4.78 is 22.4. The van der Waals surface area contributed by atoms with E-state index in [1.807, 2.05) is 60.7 Å². The molecule has 0 amide bonds. The van der Waals surface area contributed by atoms with E-state index in [0.29, 0.717) is 22.8 Å². The van der Waals surface area contributed by atoms with Gasteiger partial charge in [0.15, 0.2) is 6.61 Å². The van der Waals surface area contributed by atoms with Gasteiger partial charge in [-0.1, -0.05) is 48.5 Å². The number of hydrogen-bond acceptors (Lipinski definition) is 6. The number of benzene rings is 4. The number of halogens is 1. The van der Waals surface area contributed by atoms with Crippen molar-refractivity contribution in [3.63, 3.8) is 0 Å². The Labute approximate surface area is 205 Å². The smallest absolute Gasteiger partial charge is 0.349 e. The molecule has 0 bridgehead atoms. The van der Waals surface area contributed by atoms with E-state index in [0.717, 1.165) is 15.2 Å². The Kier molecular flexibility index (Phi) is 7.78. The van der Waals surface area contributed by atoms with Crippen molar-refractivity contribution in [3.05, 3.63) is 101 Å². The van der Waals surface area contributed by atoms with E-state index in [4.69, 9.17) is 18.9 Å². The van der Waals surface area contributed by atoms with Crippen molar-refractivity contribution in [2.75, 3.05) is 19.8 Å². The molecule has 4 aromatic rings. The van der Waals surface area contributed by atoms with Gasteiger partial charge in [0.25, 0.3) is 0 Å². The third-order valence-electron chi connectivity index (χ3n) is 4.82. The zero-order valence-corrected chi connectivity index (χ0v) is 19.7. The van der Waals surface area contributed by atoms with Crippen molar-refractivity contribution >= 4 is 38.6 Å². The van der Waals surface area contributed by atoms with Crippen molar-refractivity contribution in [3.8, 4) is 17.2 Å². The lowest BCUT2D eigenvalue weighted by molar-refractivity contribution is -0.136. The van der Waals surface area contributed by atoms with E-state index in [1.54, 1.807) is 6.07 Å². The van der Waals surface area contributed by atoms with Crippen LogP contribution in [0, 0.1) is 0 Å². The Balaban J connectivity index is 1.23. The maximum Gasteiger partial charge on any atom is 0.349 e. The fourth-order valence-electron chi connectivity index (χ4n) is 3.18. The standard InChI is InChI=1S/C27H21BrO6/c28-26-23-9-5-4-6-19(23)12-15-24(26)33-18-25(29)34-22-13-10-20(11-14-22)27(30)32-17-16-31-21-7-2-1-3-8-21/h1-15H,16-18H2. The minimum Gasteiger partial charge on any atom is -0.490 e. The minimum atomic E-state index is -0.562. The van der Waals surface area contributed by atoms with Gasteiger partial charge in [0.1, 0.15) is 30.5 Å². The van der Waals surface area contributed by atoms with Crippen LogP contribution in [0.25, 0.3) is 10.8 Å². The van der Waals surface area contributed by atoms with Crippen molar-refractivity contribution in [1.29, 1.82) is 0 Å². The number of esters is 2. The summed E-state index contributed by atoms with van der Waals surface area (Å²) in [6.07, 6.45) is 0. The van der Waals surface area contributed by atoms with Crippen LogP contribution in [0.2, 0.25) is 0 Å². The number of ether oxygens (including phenoxy) is 4. The average Bonchev–Trinajstić information content (AvgIpc) is 2.87. The average molecular weight is 521 g/mol. The van der Waals surface area contributed by atoms with E-state index in [2.05, 4.69) is 15.9 Å². The van der Waals surface area contributed by atoms with E-state index in [1.165, 1.54) is 24.3 Å². The minimum absolute atomic E-state index is 0.117. The Morgan fingerprint density at radius 3 is 2.24 bits per heavy atom. The van der Waals surface area contributed by atoms with Crippen LogP contribution >= 0.6 is 15.9 Å². The highest BCUT2D eigenvalue weighted by molar-refractivity contribution is 9.10. The van der Waals surface area contributed by atoms with Crippen molar-refractivity contribution in [2.24, 2.45) is 0 Å². The molecule has 0 saturated heterocycles. The fraction of sp³-hybridized carbons (Fsp3) is 0.111. The molecule has 172 valence electrons. The zero-order valence-electron chi connectivity index (χ0n) is 18.1. The predicted molar refractivity (Wildman–Crippen MR) is 131 cm³/mol. The summed E-state index contributed by atoms with van der Waals surface area (Å²) in [5, 5.41) is 2.05. The van der Waals surface area contributed by atoms with Crippen LogP contribution in [0.15, 0.2) is 95.5 Å². The molecule has 0 unspecified atom stereocenters. The van der Waals surface area contributed by atoms with Crippen LogP contribution in [0.5, 0.6) is 17.2 Å².